The largest absolute Gasteiger partial charge is 0.472 e. The summed E-state index contributed by atoms with van der Waals surface area (Å²) in [6.07, 6.45) is 71.8. The predicted molar refractivity (Wildman–Crippen MR) is 328 cm³/mol. The van der Waals surface area contributed by atoms with Crippen LogP contribution in [0.2, 0.25) is 0 Å². The molecule has 3 atom stereocenters. The molecule has 0 heterocycles. The molecule has 3 unspecified atom stereocenters. The minimum atomic E-state index is -4.45. The number of nitrogens with zero attached hydrogens (tertiary/aromatic N) is 1. The molecule has 1 amide bonds. The topological polar surface area (TPSA) is 111 Å². The van der Waals surface area contributed by atoms with Gasteiger partial charge in [0.15, 0.2) is 0 Å². The standard InChI is InChI=1S/C66H121N2O7P/c1-7-10-13-16-19-22-25-28-30-31-32-33-34-35-36-37-38-40-43-46-49-52-55-58-65(69)67-63(62-74-76(71,72)73-61-60-68(4,5)6)64(57-54-51-48-45-42-39-27-24-21-18-15-12-9-3)75-66(70)59-56-53-50-47-44-41-29-26-23-20-17-14-11-8-2/h10,13,19,22,28,30,32-33,35-36,54,57,63-64H,7-9,11-12,14-18,20-21,23-27,29,31,34,37-53,55-56,58-62H2,1-6H3,(H-,67,69,71,72)/p+1/b13-10-,22-19-,30-28-,33-32-,36-35-,57-54-. The highest BCUT2D eigenvalue weighted by atomic mass is 31.2. The third kappa shape index (κ3) is 56.2. The smallest absolute Gasteiger partial charge is 0.456 e. The van der Waals surface area contributed by atoms with Gasteiger partial charge >= 0.3 is 13.8 Å². The third-order valence-electron chi connectivity index (χ3n) is 13.9. The number of ether oxygens (including phenoxy) is 1. The normalized spacial score (nSPS) is 14.1. The number of allylic oxidation sites excluding steroid dienone is 11. The Balaban J connectivity index is 5.23. The quantitative estimate of drug-likeness (QED) is 0.0205. The highest BCUT2D eigenvalue weighted by molar-refractivity contribution is 7.47. The Morgan fingerprint density at radius 2 is 0.842 bits per heavy atom. The number of quaternary nitrogens is 1. The fourth-order valence-electron chi connectivity index (χ4n) is 9.03. The van der Waals surface area contributed by atoms with Crippen molar-refractivity contribution >= 4 is 19.7 Å². The Labute approximate surface area is 470 Å². The summed E-state index contributed by atoms with van der Waals surface area (Å²) in [6, 6.07) is -0.855. The van der Waals surface area contributed by atoms with Gasteiger partial charge in [-0.15, -0.1) is 0 Å². The summed E-state index contributed by atoms with van der Waals surface area (Å²) in [6.45, 7) is 6.91. The summed E-state index contributed by atoms with van der Waals surface area (Å²) in [4.78, 5) is 37.7. The number of phosphoric acid groups is 1. The highest BCUT2D eigenvalue weighted by Gasteiger charge is 2.30. The van der Waals surface area contributed by atoms with Crippen molar-refractivity contribution in [1.29, 1.82) is 0 Å². The minimum absolute atomic E-state index is 0.0368. The van der Waals surface area contributed by atoms with Crippen molar-refractivity contribution in [1.82, 2.24) is 5.32 Å². The van der Waals surface area contributed by atoms with E-state index in [-0.39, 0.29) is 25.1 Å². The highest BCUT2D eigenvalue weighted by Crippen LogP contribution is 2.43. The van der Waals surface area contributed by atoms with Crippen LogP contribution < -0.4 is 5.32 Å². The van der Waals surface area contributed by atoms with E-state index in [0.717, 1.165) is 103 Å². The van der Waals surface area contributed by atoms with E-state index in [1.54, 1.807) is 0 Å². The summed E-state index contributed by atoms with van der Waals surface area (Å²) in [7, 11) is 1.49. The molecule has 0 aromatic carbocycles. The van der Waals surface area contributed by atoms with Gasteiger partial charge in [0.25, 0.3) is 0 Å². The second kappa shape index (κ2) is 55.8. The molecule has 9 nitrogen and oxygen atoms in total. The molecule has 0 aliphatic rings. The van der Waals surface area contributed by atoms with Gasteiger partial charge in [-0.25, -0.2) is 4.57 Å². The van der Waals surface area contributed by atoms with Crippen LogP contribution in [-0.4, -0.2) is 74.3 Å². The van der Waals surface area contributed by atoms with Crippen molar-refractivity contribution in [3.63, 3.8) is 0 Å². The zero-order valence-electron chi connectivity index (χ0n) is 50.5. The molecule has 0 rings (SSSR count). The summed E-state index contributed by atoms with van der Waals surface area (Å²) in [5, 5.41) is 3.06. The van der Waals surface area contributed by atoms with Gasteiger partial charge in [0.2, 0.25) is 5.91 Å². The molecule has 0 radical (unpaired) electrons. The molecule has 0 saturated heterocycles. The van der Waals surface area contributed by atoms with E-state index in [0.29, 0.717) is 23.9 Å². The van der Waals surface area contributed by atoms with Gasteiger partial charge in [-0.1, -0.05) is 267 Å². The number of rotatable bonds is 57. The first-order chi connectivity index (χ1) is 36.9. The summed E-state index contributed by atoms with van der Waals surface area (Å²) >= 11 is 0. The lowest BCUT2D eigenvalue weighted by Gasteiger charge is -2.27. The molecule has 0 fully saturated rings. The Kier molecular flexibility index (Phi) is 53.9. The summed E-state index contributed by atoms with van der Waals surface area (Å²) < 4.78 is 30.7. The molecule has 0 bridgehead atoms. The van der Waals surface area contributed by atoms with Crippen LogP contribution in [0, 0.1) is 0 Å². The van der Waals surface area contributed by atoms with Gasteiger partial charge in [0, 0.05) is 12.8 Å². The number of amides is 1. The van der Waals surface area contributed by atoms with Crippen LogP contribution in [0.15, 0.2) is 72.9 Å². The van der Waals surface area contributed by atoms with E-state index >= 15 is 0 Å². The van der Waals surface area contributed by atoms with Crippen LogP contribution in [-0.2, 0) is 27.9 Å². The van der Waals surface area contributed by atoms with Crippen molar-refractivity contribution in [3.05, 3.63) is 72.9 Å². The number of nitrogens with one attached hydrogen (secondary N) is 1. The molecule has 0 aliphatic carbocycles. The van der Waals surface area contributed by atoms with Crippen molar-refractivity contribution in [2.24, 2.45) is 0 Å². The average Bonchev–Trinajstić information content (AvgIpc) is 3.38. The van der Waals surface area contributed by atoms with Crippen LogP contribution in [0.5, 0.6) is 0 Å². The van der Waals surface area contributed by atoms with E-state index in [1.807, 2.05) is 33.3 Å². The Morgan fingerprint density at radius 3 is 1.26 bits per heavy atom. The lowest BCUT2D eigenvalue weighted by Crippen LogP contribution is -2.47. The SMILES string of the molecule is CC/C=C\C/C=C\C/C=C\C/C=C\C/C=C\CCCCCCCCCC(=O)NC(COP(=O)(O)OCC[N+](C)(C)C)C(/C=C\CCCCCCCCCCCCC)OC(=O)CCCCCCCCCCCCCCCC. The second-order valence-electron chi connectivity index (χ2n) is 22.6. The third-order valence-corrected chi connectivity index (χ3v) is 14.9. The Hall–Kier alpha value is -2.55. The number of esters is 1. The molecule has 2 N–H and O–H groups in total. The second-order valence-corrected chi connectivity index (χ2v) is 24.0. The fourth-order valence-corrected chi connectivity index (χ4v) is 9.76. The molecule has 0 aromatic heterocycles. The molecule has 0 aromatic rings. The van der Waals surface area contributed by atoms with E-state index in [1.165, 1.54) is 148 Å². The zero-order valence-corrected chi connectivity index (χ0v) is 51.4. The summed E-state index contributed by atoms with van der Waals surface area (Å²) in [5.74, 6) is -0.511. The number of carbonyl (C=O) groups excluding carboxylic acids is 2. The zero-order chi connectivity index (χ0) is 55.7. The monoisotopic (exact) mass is 1090 g/mol. The molecule has 442 valence electrons. The summed E-state index contributed by atoms with van der Waals surface area (Å²) in [5.41, 5.74) is 0. The number of unbranched alkanes of at least 4 members (excludes halogenated alkanes) is 31. The number of phosphoric ester groups is 1. The fraction of sp³-hybridized carbons (Fsp3) is 0.788. The number of likely N-dealkylation sites (N-methyl/N-ethyl adjacent to an activating group) is 1. The molecule has 0 saturated carbocycles. The van der Waals surface area contributed by atoms with E-state index in [2.05, 4.69) is 86.8 Å². The predicted octanol–water partition coefficient (Wildman–Crippen LogP) is 19.6. The molecule has 10 heteroatoms. The first-order valence-corrected chi connectivity index (χ1v) is 33.3. The average molecular weight is 1090 g/mol. The lowest BCUT2D eigenvalue weighted by molar-refractivity contribution is -0.870. The van der Waals surface area contributed by atoms with Crippen molar-refractivity contribution in [3.8, 4) is 0 Å². The van der Waals surface area contributed by atoms with Gasteiger partial charge in [0.05, 0.1) is 33.8 Å². The maximum Gasteiger partial charge on any atom is 0.472 e. The first kappa shape index (κ1) is 73.5. The molecule has 0 aliphatic heterocycles. The van der Waals surface area contributed by atoms with Gasteiger partial charge in [0.1, 0.15) is 19.3 Å². The van der Waals surface area contributed by atoms with Crippen molar-refractivity contribution in [2.45, 2.75) is 296 Å². The Bertz CT molecular complexity index is 1530. The van der Waals surface area contributed by atoms with Gasteiger partial charge in [-0.2, -0.15) is 0 Å². The van der Waals surface area contributed by atoms with Gasteiger partial charge < -0.3 is 19.4 Å². The van der Waals surface area contributed by atoms with E-state index < -0.39 is 20.0 Å². The maximum atomic E-state index is 13.6. The molecular weight excluding hydrogens is 964 g/mol. The van der Waals surface area contributed by atoms with E-state index in [4.69, 9.17) is 13.8 Å². The van der Waals surface area contributed by atoms with Crippen LogP contribution in [0.4, 0.5) is 0 Å². The van der Waals surface area contributed by atoms with Gasteiger partial charge in [-0.05, 0) is 76.7 Å². The number of carbonyl (C=O) groups is 2. The van der Waals surface area contributed by atoms with E-state index in [9.17, 15) is 19.0 Å². The molecular formula is C66H122N2O7P+. The maximum absolute atomic E-state index is 13.6. The van der Waals surface area contributed by atoms with Crippen molar-refractivity contribution in [2.75, 3.05) is 40.9 Å². The first-order valence-electron chi connectivity index (χ1n) is 31.8. The Morgan fingerprint density at radius 1 is 0.474 bits per heavy atom. The van der Waals surface area contributed by atoms with Crippen molar-refractivity contribution < 1.29 is 37.3 Å². The van der Waals surface area contributed by atoms with Crippen LogP contribution in [0.25, 0.3) is 0 Å². The number of hydrogen-bond donors (Lipinski definition) is 2. The number of hydrogen-bond acceptors (Lipinski definition) is 6. The van der Waals surface area contributed by atoms with Crippen LogP contribution >= 0.6 is 7.82 Å². The minimum Gasteiger partial charge on any atom is -0.456 e. The lowest BCUT2D eigenvalue weighted by atomic mass is 10.0. The molecule has 0 spiro atoms. The van der Waals surface area contributed by atoms with Gasteiger partial charge in [-0.3, -0.25) is 18.6 Å². The van der Waals surface area contributed by atoms with Crippen LogP contribution in [0.1, 0.15) is 284 Å². The van der Waals surface area contributed by atoms with Crippen LogP contribution in [0.3, 0.4) is 0 Å². The molecule has 76 heavy (non-hydrogen) atoms.